The fourth-order valence-corrected chi connectivity index (χ4v) is 3.68. The molecule has 1 aliphatic rings. The van der Waals surface area contributed by atoms with Gasteiger partial charge in [0.1, 0.15) is 5.01 Å². The molecule has 0 spiro atoms. The SMILES string of the molecule is Cc1nc(-c2ccccc2)sc1CNC1CCCC1. The van der Waals surface area contributed by atoms with Gasteiger partial charge >= 0.3 is 0 Å². The van der Waals surface area contributed by atoms with Crippen molar-refractivity contribution in [2.24, 2.45) is 0 Å². The van der Waals surface area contributed by atoms with E-state index in [1.165, 1.54) is 41.8 Å². The molecule has 3 rings (SSSR count). The summed E-state index contributed by atoms with van der Waals surface area (Å²) in [5, 5.41) is 4.81. The van der Waals surface area contributed by atoms with Crippen LogP contribution >= 0.6 is 11.3 Å². The van der Waals surface area contributed by atoms with Crippen molar-refractivity contribution in [2.45, 2.75) is 45.2 Å². The molecule has 0 bridgehead atoms. The van der Waals surface area contributed by atoms with Gasteiger partial charge in [-0.1, -0.05) is 43.2 Å². The van der Waals surface area contributed by atoms with E-state index in [4.69, 9.17) is 4.98 Å². The Morgan fingerprint density at radius 1 is 1.21 bits per heavy atom. The molecule has 0 amide bonds. The lowest BCUT2D eigenvalue weighted by Crippen LogP contribution is -2.25. The van der Waals surface area contributed by atoms with Crippen molar-refractivity contribution in [1.29, 1.82) is 0 Å². The highest BCUT2D eigenvalue weighted by Crippen LogP contribution is 2.28. The molecule has 19 heavy (non-hydrogen) atoms. The highest BCUT2D eigenvalue weighted by molar-refractivity contribution is 7.15. The van der Waals surface area contributed by atoms with Crippen LogP contribution in [0.5, 0.6) is 0 Å². The number of hydrogen-bond acceptors (Lipinski definition) is 3. The molecule has 1 N–H and O–H groups in total. The fourth-order valence-electron chi connectivity index (χ4n) is 2.66. The van der Waals surface area contributed by atoms with Gasteiger partial charge in [-0.05, 0) is 19.8 Å². The van der Waals surface area contributed by atoms with E-state index >= 15 is 0 Å². The summed E-state index contributed by atoms with van der Waals surface area (Å²) in [4.78, 5) is 6.08. The minimum atomic E-state index is 0.724. The minimum absolute atomic E-state index is 0.724. The van der Waals surface area contributed by atoms with Crippen molar-refractivity contribution < 1.29 is 0 Å². The van der Waals surface area contributed by atoms with Gasteiger partial charge in [-0.15, -0.1) is 11.3 Å². The molecule has 0 unspecified atom stereocenters. The second kappa shape index (κ2) is 5.85. The first kappa shape index (κ1) is 12.8. The topological polar surface area (TPSA) is 24.9 Å². The summed E-state index contributed by atoms with van der Waals surface area (Å²) in [5.41, 5.74) is 2.40. The molecule has 0 radical (unpaired) electrons. The molecule has 1 aromatic carbocycles. The first-order chi connectivity index (χ1) is 9.33. The van der Waals surface area contributed by atoms with Crippen LogP contribution in [0.25, 0.3) is 10.6 Å². The lowest BCUT2D eigenvalue weighted by atomic mass is 10.2. The van der Waals surface area contributed by atoms with E-state index < -0.39 is 0 Å². The zero-order valence-electron chi connectivity index (χ0n) is 11.4. The summed E-state index contributed by atoms with van der Waals surface area (Å²) in [6.07, 6.45) is 5.44. The zero-order valence-corrected chi connectivity index (χ0v) is 12.2. The van der Waals surface area contributed by atoms with Gasteiger partial charge in [0.05, 0.1) is 5.69 Å². The van der Waals surface area contributed by atoms with E-state index in [1.807, 2.05) is 17.4 Å². The Hall–Kier alpha value is -1.19. The van der Waals surface area contributed by atoms with E-state index in [0.29, 0.717) is 0 Å². The second-order valence-corrected chi connectivity index (χ2v) is 6.34. The van der Waals surface area contributed by atoms with Crippen LogP contribution in [0.3, 0.4) is 0 Å². The lowest BCUT2D eigenvalue weighted by Gasteiger charge is -2.10. The highest BCUT2D eigenvalue weighted by Gasteiger charge is 2.15. The van der Waals surface area contributed by atoms with Gasteiger partial charge in [0.25, 0.3) is 0 Å². The molecule has 100 valence electrons. The van der Waals surface area contributed by atoms with Crippen molar-refractivity contribution in [1.82, 2.24) is 10.3 Å². The van der Waals surface area contributed by atoms with Crippen LogP contribution in [0.4, 0.5) is 0 Å². The van der Waals surface area contributed by atoms with Crippen molar-refractivity contribution in [3.63, 3.8) is 0 Å². The molecular formula is C16H20N2S. The molecule has 0 atom stereocenters. The smallest absolute Gasteiger partial charge is 0.123 e. The van der Waals surface area contributed by atoms with E-state index in [-0.39, 0.29) is 0 Å². The maximum atomic E-state index is 4.70. The Bertz CT molecular complexity index is 527. The molecule has 1 heterocycles. The van der Waals surface area contributed by atoms with Gasteiger partial charge in [0.15, 0.2) is 0 Å². The van der Waals surface area contributed by atoms with Crippen molar-refractivity contribution in [3.05, 3.63) is 40.9 Å². The highest BCUT2D eigenvalue weighted by atomic mass is 32.1. The molecule has 2 nitrogen and oxygen atoms in total. The maximum absolute atomic E-state index is 4.70. The molecule has 1 aromatic heterocycles. The largest absolute Gasteiger partial charge is 0.309 e. The van der Waals surface area contributed by atoms with Gasteiger partial charge in [0, 0.05) is 23.0 Å². The summed E-state index contributed by atoms with van der Waals surface area (Å²) in [7, 11) is 0. The molecule has 2 aromatic rings. The van der Waals surface area contributed by atoms with Crippen molar-refractivity contribution >= 4 is 11.3 Å². The summed E-state index contributed by atoms with van der Waals surface area (Å²) in [5.74, 6) is 0. The molecule has 1 saturated carbocycles. The summed E-state index contributed by atoms with van der Waals surface area (Å²) in [6, 6.07) is 11.2. The Kier molecular flexibility index (Phi) is 3.95. The number of thiazole rings is 1. The van der Waals surface area contributed by atoms with Gasteiger partial charge in [0.2, 0.25) is 0 Å². The van der Waals surface area contributed by atoms with Crippen molar-refractivity contribution in [3.8, 4) is 10.6 Å². The number of nitrogens with zero attached hydrogens (tertiary/aromatic N) is 1. The molecule has 0 aliphatic heterocycles. The predicted octanol–water partition coefficient (Wildman–Crippen LogP) is 4.15. The Balaban J connectivity index is 1.70. The van der Waals surface area contributed by atoms with Crippen LogP contribution in [-0.2, 0) is 6.54 Å². The predicted molar refractivity (Wildman–Crippen MR) is 81.4 cm³/mol. The number of hydrogen-bond donors (Lipinski definition) is 1. The monoisotopic (exact) mass is 272 g/mol. The number of rotatable bonds is 4. The molecule has 1 fully saturated rings. The summed E-state index contributed by atoms with van der Waals surface area (Å²) in [6.45, 7) is 3.09. The normalized spacial score (nSPS) is 16.1. The van der Waals surface area contributed by atoms with Crippen molar-refractivity contribution in [2.75, 3.05) is 0 Å². The molecule has 0 saturated heterocycles. The van der Waals surface area contributed by atoms with E-state index in [2.05, 4.69) is 36.5 Å². The van der Waals surface area contributed by atoms with E-state index in [0.717, 1.165) is 17.6 Å². The number of aryl methyl sites for hydroxylation is 1. The average molecular weight is 272 g/mol. The minimum Gasteiger partial charge on any atom is -0.309 e. The van der Waals surface area contributed by atoms with Crippen LogP contribution in [0, 0.1) is 6.92 Å². The molecule has 3 heteroatoms. The number of nitrogens with one attached hydrogen (secondary N) is 1. The lowest BCUT2D eigenvalue weighted by molar-refractivity contribution is 0.526. The molecule has 1 aliphatic carbocycles. The second-order valence-electron chi connectivity index (χ2n) is 5.26. The maximum Gasteiger partial charge on any atom is 0.123 e. The fraction of sp³-hybridized carbons (Fsp3) is 0.438. The third-order valence-electron chi connectivity index (χ3n) is 3.82. The Labute approximate surface area is 118 Å². The van der Waals surface area contributed by atoms with E-state index in [9.17, 15) is 0 Å². The summed E-state index contributed by atoms with van der Waals surface area (Å²) >= 11 is 1.82. The third-order valence-corrected chi connectivity index (χ3v) is 5.03. The van der Waals surface area contributed by atoms with Crippen LogP contribution in [0.2, 0.25) is 0 Å². The Morgan fingerprint density at radius 2 is 1.95 bits per heavy atom. The summed E-state index contributed by atoms with van der Waals surface area (Å²) < 4.78 is 0. The number of benzene rings is 1. The molecular weight excluding hydrogens is 252 g/mol. The zero-order chi connectivity index (χ0) is 13.1. The first-order valence-electron chi connectivity index (χ1n) is 7.08. The number of aromatic nitrogens is 1. The van der Waals surface area contributed by atoms with E-state index in [1.54, 1.807) is 0 Å². The first-order valence-corrected chi connectivity index (χ1v) is 7.89. The standard InChI is InChI=1S/C16H20N2S/c1-12-15(11-17-14-9-5-6-10-14)19-16(18-12)13-7-3-2-4-8-13/h2-4,7-8,14,17H,5-6,9-11H2,1H3. The average Bonchev–Trinajstić information content (AvgIpc) is 3.07. The van der Waals surface area contributed by atoms with Crippen LogP contribution < -0.4 is 5.32 Å². The third kappa shape index (κ3) is 3.04. The van der Waals surface area contributed by atoms with Crippen LogP contribution in [0.15, 0.2) is 30.3 Å². The quantitative estimate of drug-likeness (QED) is 0.904. The Morgan fingerprint density at radius 3 is 2.68 bits per heavy atom. The van der Waals surface area contributed by atoms with Crippen LogP contribution in [0.1, 0.15) is 36.3 Å². The van der Waals surface area contributed by atoms with Gasteiger partial charge in [-0.3, -0.25) is 0 Å². The van der Waals surface area contributed by atoms with Gasteiger partial charge in [-0.2, -0.15) is 0 Å². The van der Waals surface area contributed by atoms with Gasteiger partial charge in [-0.25, -0.2) is 4.98 Å². The van der Waals surface area contributed by atoms with Gasteiger partial charge < -0.3 is 5.32 Å². The van der Waals surface area contributed by atoms with Crippen LogP contribution in [-0.4, -0.2) is 11.0 Å².